The average Bonchev–Trinajstić information content (AvgIpc) is 2.93. The van der Waals surface area contributed by atoms with Gasteiger partial charge in [0.15, 0.2) is 0 Å². The number of amides is 2. The Hall–Kier alpha value is -2.71. The zero-order valence-corrected chi connectivity index (χ0v) is 21.3. The molecule has 1 fully saturated rings. The molecule has 0 bridgehead atoms. The van der Waals surface area contributed by atoms with Crippen LogP contribution in [0.4, 0.5) is 11.4 Å². The van der Waals surface area contributed by atoms with Crippen molar-refractivity contribution in [3.63, 3.8) is 0 Å². The lowest BCUT2D eigenvalue weighted by Gasteiger charge is -2.30. The molecule has 0 aliphatic carbocycles. The van der Waals surface area contributed by atoms with Crippen LogP contribution in [0.2, 0.25) is 0 Å². The Morgan fingerprint density at radius 1 is 1.12 bits per heavy atom. The summed E-state index contributed by atoms with van der Waals surface area (Å²) in [5.74, 6) is -0.206. The van der Waals surface area contributed by atoms with E-state index in [1.54, 1.807) is 36.4 Å². The summed E-state index contributed by atoms with van der Waals surface area (Å²) in [5.41, 5.74) is 3.04. The minimum atomic E-state index is -3.65. The van der Waals surface area contributed by atoms with Crippen molar-refractivity contribution >= 4 is 33.2 Å². The third-order valence-electron chi connectivity index (χ3n) is 6.78. The molecule has 1 N–H and O–H groups in total. The molecule has 182 valence electrons. The Bertz CT molecular complexity index is 1230. The van der Waals surface area contributed by atoms with Crippen LogP contribution in [0.3, 0.4) is 0 Å². The van der Waals surface area contributed by atoms with E-state index in [-0.39, 0.29) is 23.3 Å². The number of rotatable bonds is 5. The van der Waals surface area contributed by atoms with Gasteiger partial charge in [0.2, 0.25) is 21.8 Å². The molecule has 2 aromatic carbocycles. The average molecular weight is 484 g/mol. The lowest BCUT2D eigenvalue weighted by atomic mass is 9.86. The third kappa shape index (κ3) is 4.49. The second-order valence-corrected chi connectivity index (χ2v) is 12.2. The highest BCUT2D eigenvalue weighted by atomic mass is 32.2. The van der Waals surface area contributed by atoms with Crippen molar-refractivity contribution in [2.45, 2.75) is 57.8 Å². The maximum atomic E-state index is 13.3. The topological polar surface area (TPSA) is 86.8 Å². The summed E-state index contributed by atoms with van der Waals surface area (Å²) in [5, 5.41) is 2.88. The molecule has 0 unspecified atom stereocenters. The molecule has 34 heavy (non-hydrogen) atoms. The zero-order chi connectivity index (χ0) is 24.8. The Morgan fingerprint density at radius 2 is 1.79 bits per heavy atom. The maximum Gasteiger partial charge on any atom is 0.244 e. The van der Waals surface area contributed by atoms with Gasteiger partial charge >= 0.3 is 0 Å². The SMILES string of the molecule is Cc1cc(C)cc(NC(=O)CN2C(=O)C(C)(C)c3cc(S(=O)(=O)N4CCC[C@H](C)C4)ccc32)c1. The number of hydrogen-bond donors (Lipinski definition) is 1. The van der Waals surface area contributed by atoms with Crippen LogP contribution in [-0.2, 0) is 25.0 Å². The summed E-state index contributed by atoms with van der Waals surface area (Å²) >= 11 is 0. The highest BCUT2D eigenvalue weighted by Crippen LogP contribution is 2.43. The molecule has 8 heteroatoms. The molecule has 0 spiro atoms. The quantitative estimate of drug-likeness (QED) is 0.697. The normalized spacial score (nSPS) is 20.3. The summed E-state index contributed by atoms with van der Waals surface area (Å²) < 4.78 is 28.2. The van der Waals surface area contributed by atoms with Gasteiger partial charge in [-0.15, -0.1) is 0 Å². The van der Waals surface area contributed by atoms with Crippen LogP contribution >= 0.6 is 0 Å². The van der Waals surface area contributed by atoms with Crippen LogP contribution in [0.5, 0.6) is 0 Å². The first kappa shape index (κ1) is 24.4. The number of nitrogens with one attached hydrogen (secondary N) is 1. The Morgan fingerprint density at radius 3 is 2.44 bits per heavy atom. The van der Waals surface area contributed by atoms with Crippen LogP contribution in [0.25, 0.3) is 0 Å². The van der Waals surface area contributed by atoms with Gasteiger partial charge in [-0.05, 0) is 93.5 Å². The van der Waals surface area contributed by atoms with Gasteiger partial charge in [0.05, 0.1) is 10.3 Å². The molecule has 2 heterocycles. The van der Waals surface area contributed by atoms with E-state index in [0.29, 0.717) is 35.9 Å². The van der Waals surface area contributed by atoms with E-state index in [0.717, 1.165) is 24.0 Å². The molecule has 0 aromatic heterocycles. The summed E-state index contributed by atoms with van der Waals surface area (Å²) in [6, 6.07) is 10.6. The van der Waals surface area contributed by atoms with Crippen molar-refractivity contribution in [1.29, 1.82) is 0 Å². The predicted octanol–water partition coefficient (Wildman–Crippen LogP) is 3.99. The van der Waals surface area contributed by atoms with E-state index in [4.69, 9.17) is 0 Å². The molecule has 2 amide bonds. The van der Waals surface area contributed by atoms with Crippen LogP contribution in [-0.4, -0.2) is 44.2 Å². The molecule has 0 radical (unpaired) electrons. The standard InChI is InChI=1S/C26H33N3O4S/c1-17-7-6-10-28(15-17)34(32,33)21-8-9-23-22(14-21)26(4,5)25(31)29(23)16-24(30)27-20-12-18(2)11-19(3)13-20/h8-9,11-14,17H,6-7,10,15-16H2,1-5H3,(H,27,30)/t17-/m0/s1. The minimum absolute atomic E-state index is 0.141. The highest BCUT2D eigenvalue weighted by Gasteiger charge is 2.45. The molecule has 2 aliphatic heterocycles. The number of hydrogen-bond acceptors (Lipinski definition) is 4. The van der Waals surface area contributed by atoms with E-state index in [2.05, 4.69) is 12.2 Å². The largest absolute Gasteiger partial charge is 0.325 e. The van der Waals surface area contributed by atoms with Crippen molar-refractivity contribution in [1.82, 2.24) is 4.31 Å². The van der Waals surface area contributed by atoms with E-state index < -0.39 is 15.4 Å². The Labute approximate surface area is 202 Å². The highest BCUT2D eigenvalue weighted by molar-refractivity contribution is 7.89. The predicted molar refractivity (Wildman–Crippen MR) is 134 cm³/mol. The van der Waals surface area contributed by atoms with Gasteiger partial charge in [-0.1, -0.05) is 13.0 Å². The van der Waals surface area contributed by atoms with Gasteiger partial charge in [-0.2, -0.15) is 4.31 Å². The number of benzene rings is 2. The molecular weight excluding hydrogens is 450 g/mol. The minimum Gasteiger partial charge on any atom is -0.325 e. The first-order valence-corrected chi connectivity index (χ1v) is 13.2. The van der Waals surface area contributed by atoms with Crippen LogP contribution in [0.15, 0.2) is 41.3 Å². The number of piperidine rings is 1. The first-order chi connectivity index (χ1) is 15.9. The summed E-state index contributed by atoms with van der Waals surface area (Å²) in [6.45, 7) is 10.4. The third-order valence-corrected chi connectivity index (χ3v) is 8.64. The van der Waals surface area contributed by atoms with Gasteiger partial charge < -0.3 is 10.2 Å². The fraction of sp³-hybridized carbons (Fsp3) is 0.462. The van der Waals surface area contributed by atoms with E-state index in [1.807, 2.05) is 32.0 Å². The number of fused-ring (bicyclic) bond motifs is 1. The van der Waals surface area contributed by atoms with Crippen LogP contribution in [0.1, 0.15) is 50.3 Å². The lowest BCUT2D eigenvalue weighted by Crippen LogP contribution is -2.40. The van der Waals surface area contributed by atoms with Gasteiger partial charge in [0.1, 0.15) is 6.54 Å². The number of carbonyl (C=O) groups is 2. The molecular formula is C26H33N3O4S. The van der Waals surface area contributed by atoms with Crippen LogP contribution < -0.4 is 10.2 Å². The number of sulfonamides is 1. The maximum absolute atomic E-state index is 13.3. The Balaban J connectivity index is 1.60. The Kier molecular flexibility index (Phi) is 6.33. The lowest BCUT2D eigenvalue weighted by molar-refractivity contribution is -0.124. The van der Waals surface area contributed by atoms with Gasteiger partial charge in [0, 0.05) is 24.5 Å². The smallest absolute Gasteiger partial charge is 0.244 e. The fourth-order valence-corrected chi connectivity index (χ4v) is 6.66. The monoisotopic (exact) mass is 483 g/mol. The molecule has 1 atom stereocenters. The van der Waals surface area contributed by atoms with Crippen molar-refractivity contribution in [2.24, 2.45) is 5.92 Å². The van der Waals surface area contributed by atoms with Crippen LogP contribution in [0, 0.1) is 19.8 Å². The van der Waals surface area contributed by atoms with Crippen molar-refractivity contribution in [2.75, 3.05) is 29.9 Å². The second kappa shape index (κ2) is 8.82. The van der Waals surface area contributed by atoms with Crippen molar-refractivity contribution < 1.29 is 18.0 Å². The molecule has 2 aliphatic rings. The molecule has 2 aromatic rings. The number of aryl methyl sites for hydroxylation is 2. The fourth-order valence-electron chi connectivity index (χ4n) is 5.04. The second-order valence-electron chi connectivity index (χ2n) is 10.2. The van der Waals surface area contributed by atoms with Gasteiger partial charge in [0.25, 0.3) is 0 Å². The molecule has 4 rings (SSSR count). The van der Waals surface area contributed by atoms with E-state index in [1.165, 1.54) is 4.90 Å². The number of carbonyl (C=O) groups excluding carboxylic acids is 2. The number of anilines is 2. The zero-order valence-electron chi connectivity index (χ0n) is 20.5. The van der Waals surface area contributed by atoms with E-state index >= 15 is 0 Å². The summed E-state index contributed by atoms with van der Waals surface area (Å²) in [4.78, 5) is 27.7. The molecule has 1 saturated heterocycles. The molecule has 0 saturated carbocycles. The van der Waals surface area contributed by atoms with Gasteiger partial charge in [-0.25, -0.2) is 8.42 Å². The van der Waals surface area contributed by atoms with Gasteiger partial charge in [-0.3, -0.25) is 9.59 Å². The van der Waals surface area contributed by atoms with Crippen molar-refractivity contribution in [3.05, 3.63) is 53.1 Å². The number of nitrogens with zero attached hydrogens (tertiary/aromatic N) is 2. The summed E-state index contributed by atoms with van der Waals surface area (Å²) in [7, 11) is -3.65. The van der Waals surface area contributed by atoms with E-state index in [9.17, 15) is 18.0 Å². The first-order valence-electron chi connectivity index (χ1n) is 11.7. The summed E-state index contributed by atoms with van der Waals surface area (Å²) in [6.07, 6.45) is 1.87. The molecule has 7 nitrogen and oxygen atoms in total. The van der Waals surface area contributed by atoms with Crippen molar-refractivity contribution in [3.8, 4) is 0 Å².